The van der Waals surface area contributed by atoms with Gasteiger partial charge in [-0.15, -0.1) is 0 Å². The van der Waals surface area contributed by atoms with E-state index in [0.717, 1.165) is 26.2 Å². The molecule has 1 aliphatic rings. The van der Waals surface area contributed by atoms with Gasteiger partial charge in [-0.3, -0.25) is 9.69 Å². The van der Waals surface area contributed by atoms with Gasteiger partial charge in [0.15, 0.2) is 0 Å². The molecule has 4 nitrogen and oxygen atoms in total. The van der Waals surface area contributed by atoms with E-state index in [1.54, 1.807) is 9.12 Å². The molecule has 0 saturated carbocycles. The minimum atomic E-state index is -0.0726. The Bertz CT molecular complexity index is 266. The molecule has 1 heterocycles. The van der Waals surface area contributed by atoms with Crippen LogP contribution in [0.3, 0.4) is 0 Å². The maximum Gasteiger partial charge on any atom is 0.307 e. The van der Waals surface area contributed by atoms with Crippen LogP contribution in [-0.2, 0) is 9.53 Å². The summed E-state index contributed by atoms with van der Waals surface area (Å²) in [6.07, 6.45) is 0.508. The Morgan fingerprint density at radius 1 is 1.50 bits per heavy atom. The van der Waals surface area contributed by atoms with Gasteiger partial charge >= 0.3 is 5.97 Å². The van der Waals surface area contributed by atoms with Gasteiger partial charge in [0, 0.05) is 53.4 Å². The number of piperazine rings is 1. The average molecular weight is 386 g/mol. The van der Waals surface area contributed by atoms with E-state index < -0.39 is 0 Å². The van der Waals surface area contributed by atoms with Gasteiger partial charge in [-0.1, -0.05) is 13.8 Å². The van der Waals surface area contributed by atoms with Crippen molar-refractivity contribution in [2.75, 3.05) is 32.8 Å². The first-order valence-electron chi connectivity index (χ1n) is 6.50. The molecule has 0 N–H and O–H groups in total. The normalized spacial score (nSPS) is 22.4. The van der Waals surface area contributed by atoms with Crippen LogP contribution in [0.25, 0.3) is 0 Å². The third-order valence-electron chi connectivity index (χ3n) is 2.97. The van der Waals surface area contributed by atoms with Crippen LogP contribution in [0.2, 0.25) is 0 Å². The summed E-state index contributed by atoms with van der Waals surface area (Å²) in [6.45, 7) is 10.9. The van der Waals surface area contributed by atoms with Crippen LogP contribution in [0.4, 0.5) is 0 Å². The summed E-state index contributed by atoms with van der Waals surface area (Å²) < 4.78 is 7.39. The second-order valence-corrected chi connectivity index (χ2v) is 6.84. The van der Waals surface area contributed by atoms with Crippen molar-refractivity contribution in [3.05, 3.63) is 0 Å². The first kappa shape index (κ1) is 16.5. The predicted octanol–water partition coefficient (Wildman–Crippen LogP) is 2.58. The van der Waals surface area contributed by atoms with Crippen molar-refractivity contribution in [2.24, 2.45) is 5.92 Å². The van der Waals surface area contributed by atoms with Crippen molar-refractivity contribution in [3.63, 3.8) is 0 Å². The van der Waals surface area contributed by atoms with Crippen molar-refractivity contribution in [1.82, 2.24) is 9.21 Å². The van der Waals surface area contributed by atoms with Crippen molar-refractivity contribution in [3.8, 4) is 0 Å². The maximum absolute atomic E-state index is 11.7. The molecular formula is C12H23IN2O2S. The Hall–Kier alpha value is 0.470. The van der Waals surface area contributed by atoms with E-state index in [4.69, 9.17) is 4.74 Å². The smallest absolute Gasteiger partial charge is 0.307 e. The minimum absolute atomic E-state index is 0.0726. The fraction of sp³-hybridized carbons (Fsp3) is 0.917. The Balaban J connectivity index is 2.56. The minimum Gasteiger partial charge on any atom is -0.466 e. The third kappa shape index (κ3) is 5.63. The number of hydrogen-bond donors (Lipinski definition) is 0. The van der Waals surface area contributed by atoms with Gasteiger partial charge in [-0.05, 0) is 22.0 Å². The lowest BCUT2D eigenvalue weighted by Crippen LogP contribution is -2.52. The van der Waals surface area contributed by atoms with Crippen LogP contribution in [0.15, 0.2) is 0 Å². The van der Waals surface area contributed by atoms with E-state index in [-0.39, 0.29) is 5.97 Å². The van der Waals surface area contributed by atoms with Gasteiger partial charge in [-0.25, -0.2) is 4.31 Å². The first-order valence-corrected chi connectivity index (χ1v) is 9.81. The van der Waals surface area contributed by atoms with Gasteiger partial charge in [0.1, 0.15) is 0 Å². The molecule has 0 aliphatic carbocycles. The molecule has 1 atom stereocenters. The van der Waals surface area contributed by atoms with Gasteiger partial charge in [0.25, 0.3) is 0 Å². The first-order chi connectivity index (χ1) is 8.56. The molecule has 0 radical (unpaired) electrons. The summed E-state index contributed by atoms with van der Waals surface area (Å²) in [7, 11) is 1.74. The van der Waals surface area contributed by atoms with E-state index in [2.05, 4.69) is 44.3 Å². The molecule has 0 amide bonds. The lowest BCUT2D eigenvalue weighted by Gasteiger charge is -2.40. The highest BCUT2D eigenvalue weighted by molar-refractivity contribution is 14.2. The van der Waals surface area contributed by atoms with Crippen LogP contribution in [0.1, 0.15) is 27.2 Å². The largest absolute Gasteiger partial charge is 0.466 e. The quantitative estimate of drug-likeness (QED) is 0.398. The molecule has 0 aromatic rings. The molecule has 6 heteroatoms. The summed E-state index contributed by atoms with van der Waals surface area (Å²) in [6, 6.07) is 0.294. The number of carbonyl (C=O) groups is 1. The van der Waals surface area contributed by atoms with Crippen molar-refractivity contribution in [1.29, 1.82) is 0 Å². The highest BCUT2D eigenvalue weighted by atomic mass is 127. The number of rotatable bonds is 6. The summed E-state index contributed by atoms with van der Waals surface area (Å²) in [5.74, 6) is 0.560. The molecule has 1 rings (SSSR count). The second kappa shape index (κ2) is 8.60. The van der Waals surface area contributed by atoms with Crippen molar-refractivity contribution < 1.29 is 9.53 Å². The summed E-state index contributed by atoms with van der Waals surface area (Å²) in [5, 5.41) is 0. The molecule has 18 heavy (non-hydrogen) atoms. The summed E-state index contributed by atoms with van der Waals surface area (Å²) in [4.78, 5) is 14.1. The number of ether oxygens (including phenoxy) is 1. The number of nitrogens with zero attached hydrogens (tertiary/aromatic N) is 2. The Labute approximate surface area is 127 Å². The zero-order valence-electron chi connectivity index (χ0n) is 11.4. The van der Waals surface area contributed by atoms with E-state index in [1.165, 1.54) is 0 Å². The fourth-order valence-electron chi connectivity index (χ4n) is 2.24. The molecular weight excluding hydrogens is 363 g/mol. The van der Waals surface area contributed by atoms with E-state index in [1.807, 2.05) is 6.92 Å². The fourth-order valence-corrected chi connectivity index (χ4v) is 3.69. The lowest BCUT2D eigenvalue weighted by atomic mass is 10.1. The van der Waals surface area contributed by atoms with Crippen LogP contribution in [0.5, 0.6) is 0 Å². The van der Waals surface area contributed by atoms with Gasteiger partial charge in [-0.2, -0.15) is 0 Å². The topological polar surface area (TPSA) is 32.8 Å². The molecule has 1 aliphatic heterocycles. The molecule has 0 spiro atoms. The van der Waals surface area contributed by atoms with Crippen LogP contribution in [0, 0.1) is 5.92 Å². The molecule has 106 valence electrons. The van der Waals surface area contributed by atoms with E-state index >= 15 is 0 Å². The molecule has 1 fully saturated rings. The van der Waals surface area contributed by atoms with E-state index in [0.29, 0.717) is 25.0 Å². The monoisotopic (exact) mass is 386 g/mol. The number of halogens is 1. The van der Waals surface area contributed by atoms with Crippen molar-refractivity contribution >= 4 is 36.3 Å². The maximum atomic E-state index is 11.7. The van der Waals surface area contributed by atoms with Gasteiger partial charge < -0.3 is 4.74 Å². The van der Waals surface area contributed by atoms with Gasteiger partial charge in [0.05, 0.1) is 13.0 Å². The lowest BCUT2D eigenvalue weighted by molar-refractivity contribution is -0.145. The average Bonchev–Trinajstić information content (AvgIpc) is 2.31. The molecule has 1 saturated heterocycles. The van der Waals surface area contributed by atoms with Crippen molar-refractivity contribution in [2.45, 2.75) is 33.2 Å². The summed E-state index contributed by atoms with van der Waals surface area (Å²) in [5.41, 5.74) is 0. The number of hydrogen-bond acceptors (Lipinski definition) is 5. The van der Waals surface area contributed by atoms with Gasteiger partial charge in [0.2, 0.25) is 0 Å². The summed E-state index contributed by atoms with van der Waals surface area (Å²) >= 11 is 2.31. The molecule has 0 aromatic carbocycles. The zero-order valence-corrected chi connectivity index (χ0v) is 14.4. The van der Waals surface area contributed by atoms with Crippen LogP contribution in [-0.4, -0.2) is 54.0 Å². The highest BCUT2D eigenvalue weighted by Gasteiger charge is 2.29. The highest BCUT2D eigenvalue weighted by Crippen LogP contribution is 2.24. The Morgan fingerprint density at radius 3 is 2.78 bits per heavy atom. The van der Waals surface area contributed by atoms with E-state index in [9.17, 15) is 4.79 Å². The molecule has 0 aromatic heterocycles. The number of esters is 1. The Kier molecular flexibility index (Phi) is 7.90. The third-order valence-corrected chi connectivity index (χ3v) is 5.17. The predicted molar refractivity (Wildman–Crippen MR) is 84.6 cm³/mol. The standard InChI is InChI=1S/C12H23IN2O2S/c1-4-17-12(16)7-11-9-15(18-13)6-5-14(11)8-10(2)3/h10-11H,4-9H2,1-3H3. The molecule has 0 bridgehead atoms. The SMILES string of the molecule is CCOC(=O)CC1CN(SI)CCN1CC(C)C. The Morgan fingerprint density at radius 2 is 2.22 bits per heavy atom. The molecule has 1 unspecified atom stereocenters. The van der Waals surface area contributed by atoms with Crippen LogP contribution >= 0.6 is 30.3 Å². The number of carbonyl (C=O) groups excluding carboxylic acids is 1. The zero-order chi connectivity index (χ0) is 13.5. The second-order valence-electron chi connectivity index (χ2n) is 5.01. The van der Waals surface area contributed by atoms with Crippen LogP contribution < -0.4 is 0 Å².